The van der Waals surface area contributed by atoms with Gasteiger partial charge in [-0.25, -0.2) is 0 Å². The number of quaternary nitrogens is 1. The predicted molar refractivity (Wildman–Crippen MR) is 58.9 cm³/mol. The van der Waals surface area contributed by atoms with E-state index in [9.17, 15) is 4.79 Å². The first-order valence-corrected chi connectivity index (χ1v) is 4.89. The number of hydrogen-bond donors (Lipinski definition) is 0. The fraction of sp³-hybridized carbons (Fsp3) is 0.417. The van der Waals surface area contributed by atoms with Gasteiger partial charge in [0.05, 0.1) is 20.0 Å². The third kappa shape index (κ3) is 2.67. The van der Waals surface area contributed by atoms with E-state index in [1.807, 2.05) is 12.2 Å². The van der Waals surface area contributed by atoms with Gasteiger partial charge in [0.2, 0.25) is 0 Å². The van der Waals surface area contributed by atoms with Crippen molar-refractivity contribution in [3.05, 3.63) is 37.0 Å². The molecule has 0 radical (unpaired) electrons. The Kier molecular flexibility index (Phi) is 3.42. The second-order valence-electron chi connectivity index (χ2n) is 4.13. The molecule has 0 N–H and O–H groups in total. The fourth-order valence-electron chi connectivity index (χ4n) is 1.89. The van der Waals surface area contributed by atoms with Crippen LogP contribution in [0.1, 0.15) is 6.42 Å². The van der Waals surface area contributed by atoms with Gasteiger partial charge in [-0.05, 0) is 0 Å². The van der Waals surface area contributed by atoms with Crippen molar-refractivity contribution in [1.82, 2.24) is 0 Å². The van der Waals surface area contributed by atoms with E-state index in [1.165, 1.54) is 0 Å². The lowest BCUT2D eigenvalue weighted by atomic mass is 10.2. The molecule has 2 heteroatoms. The van der Waals surface area contributed by atoms with E-state index in [4.69, 9.17) is 0 Å². The molecule has 1 fully saturated rings. The van der Waals surface area contributed by atoms with Crippen LogP contribution in [0.25, 0.3) is 0 Å². The molecule has 14 heavy (non-hydrogen) atoms. The van der Waals surface area contributed by atoms with Gasteiger partial charge in [-0.3, -0.25) is 4.79 Å². The minimum Gasteiger partial charge on any atom is -0.316 e. The zero-order valence-corrected chi connectivity index (χ0v) is 8.83. The Bertz CT molecular complexity index is 291. The van der Waals surface area contributed by atoms with Crippen LogP contribution in [-0.2, 0) is 4.79 Å². The summed E-state index contributed by atoms with van der Waals surface area (Å²) in [6.07, 6.45) is 6.28. The maximum atomic E-state index is 11.2. The van der Waals surface area contributed by atoms with Crippen molar-refractivity contribution in [3.63, 3.8) is 0 Å². The number of likely N-dealkylation sites (tertiary alicyclic amines) is 1. The van der Waals surface area contributed by atoms with E-state index in [0.29, 0.717) is 12.3 Å². The number of carbonyl (C=O) groups excluding carboxylic acids is 1. The Hall–Kier alpha value is -1.15. The number of likely N-dealkylation sites (N-methyl/N-ethyl adjacent to an activating group) is 1. The van der Waals surface area contributed by atoms with Gasteiger partial charge >= 0.3 is 0 Å². The molecule has 1 aliphatic heterocycles. The quantitative estimate of drug-likeness (QED) is 0.489. The summed E-state index contributed by atoms with van der Waals surface area (Å²) in [6, 6.07) is 0. The van der Waals surface area contributed by atoms with Crippen molar-refractivity contribution in [2.24, 2.45) is 0 Å². The van der Waals surface area contributed by atoms with Crippen molar-refractivity contribution >= 4 is 5.78 Å². The molecular formula is C12H18NO+. The molecule has 1 atom stereocenters. The fourth-order valence-corrected chi connectivity index (χ4v) is 1.89. The predicted octanol–water partition coefficient (Wildman–Crippen LogP) is 1.70. The second-order valence-corrected chi connectivity index (χ2v) is 4.13. The maximum Gasteiger partial charge on any atom is 0.192 e. The highest BCUT2D eigenvalue weighted by Gasteiger charge is 2.32. The molecule has 1 unspecified atom stereocenters. The van der Waals surface area contributed by atoms with Gasteiger partial charge in [-0.1, -0.05) is 31.4 Å². The first-order chi connectivity index (χ1) is 6.59. The third-order valence-electron chi connectivity index (χ3n) is 2.65. The highest BCUT2D eigenvalue weighted by Crippen LogP contribution is 2.16. The van der Waals surface area contributed by atoms with Crippen LogP contribution in [0.3, 0.4) is 0 Å². The van der Waals surface area contributed by atoms with E-state index in [0.717, 1.165) is 29.6 Å². The van der Waals surface area contributed by atoms with Gasteiger partial charge in [0, 0.05) is 5.57 Å². The number of allylic oxidation sites excluding steroid dienone is 2. The monoisotopic (exact) mass is 192 g/mol. The van der Waals surface area contributed by atoms with Gasteiger partial charge < -0.3 is 4.48 Å². The van der Waals surface area contributed by atoms with Crippen molar-refractivity contribution in [1.29, 1.82) is 0 Å². The first kappa shape index (κ1) is 10.9. The smallest absolute Gasteiger partial charge is 0.192 e. The van der Waals surface area contributed by atoms with Crippen molar-refractivity contribution in [2.45, 2.75) is 6.42 Å². The van der Waals surface area contributed by atoms with E-state index in [1.54, 1.807) is 6.08 Å². The van der Waals surface area contributed by atoms with Gasteiger partial charge in [0.15, 0.2) is 5.78 Å². The average Bonchev–Trinajstić information content (AvgIpc) is 2.46. The number of Topliss-reactive ketones (excluding diaryl/α,β-unsaturated/α-hetero) is 1. The summed E-state index contributed by atoms with van der Waals surface area (Å²) in [5.41, 5.74) is 1.15. The maximum absolute atomic E-state index is 11.2. The Morgan fingerprint density at radius 1 is 1.57 bits per heavy atom. The lowest BCUT2D eigenvalue weighted by Crippen LogP contribution is -2.43. The third-order valence-corrected chi connectivity index (χ3v) is 2.65. The summed E-state index contributed by atoms with van der Waals surface area (Å²) in [4.78, 5) is 11.2. The molecule has 0 amide bonds. The molecule has 0 aromatic carbocycles. The van der Waals surface area contributed by atoms with Crippen LogP contribution >= 0.6 is 0 Å². The van der Waals surface area contributed by atoms with Gasteiger partial charge in [-0.15, -0.1) is 0 Å². The molecule has 0 saturated carbocycles. The highest BCUT2D eigenvalue weighted by molar-refractivity contribution is 5.81. The van der Waals surface area contributed by atoms with Crippen LogP contribution in [0.4, 0.5) is 0 Å². The Morgan fingerprint density at radius 3 is 2.71 bits per heavy atom. The van der Waals surface area contributed by atoms with Crippen molar-refractivity contribution < 1.29 is 9.28 Å². The minimum absolute atomic E-state index is 0.370. The van der Waals surface area contributed by atoms with Crippen molar-refractivity contribution in [3.8, 4) is 0 Å². The summed E-state index contributed by atoms with van der Waals surface area (Å²) in [6.45, 7) is 9.90. The molecule has 1 heterocycles. The lowest BCUT2D eigenvalue weighted by molar-refractivity contribution is -0.889. The van der Waals surface area contributed by atoms with Crippen LogP contribution in [0.15, 0.2) is 37.0 Å². The lowest BCUT2D eigenvalue weighted by Gasteiger charge is -2.28. The Morgan fingerprint density at radius 2 is 2.29 bits per heavy atom. The number of hydrogen-bond acceptors (Lipinski definition) is 1. The molecule has 1 rings (SSSR count). The van der Waals surface area contributed by atoms with E-state index < -0.39 is 0 Å². The Labute approximate surface area is 85.8 Å². The molecule has 1 saturated heterocycles. The molecule has 0 aromatic heterocycles. The van der Waals surface area contributed by atoms with E-state index in [-0.39, 0.29) is 0 Å². The van der Waals surface area contributed by atoms with Crippen LogP contribution in [0.5, 0.6) is 0 Å². The standard InChI is InChI=1S/C12H18NO/c1-4-6-11(5-2)9-13(3)8-7-12(14)10-13/h4-6H,1-2,7-10H2,3H3/q+1/b11-6+. The van der Waals surface area contributed by atoms with Gasteiger partial charge in [0.1, 0.15) is 13.1 Å². The summed E-state index contributed by atoms with van der Waals surface area (Å²) in [5, 5.41) is 0. The molecule has 0 aromatic rings. The van der Waals surface area contributed by atoms with Crippen LogP contribution in [0, 0.1) is 0 Å². The van der Waals surface area contributed by atoms with Crippen molar-refractivity contribution in [2.75, 3.05) is 26.7 Å². The summed E-state index contributed by atoms with van der Waals surface area (Å²) in [5.74, 6) is 0.370. The largest absolute Gasteiger partial charge is 0.316 e. The summed E-state index contributed by atoms with van der Waals surface area (Å²) < 4.78 is 0.810. The van der Waals surface area contributed by atoms with Crippen LogP contribution in [-0.4, -0.2) is 36.9 Å². The number of ketones is 1. The second kappa shape index (κ2) is 4.38. The molecule has 2 nitrogen and oxygen atoms in total. The topological polar surface area (TPSA) is 17.1 Å². The molecule has 1 aliphatic rings. The molecular weight excluding hydrogens is 174 g/mol. The Balaban J connectivity index is 2.66. The SMILES string of the molecule is C=C/C=C(\C=C)C[N+]1(C)CCC(=O)C1. The minimum atomic E-state index is 0.370. The zero-order chi connectivity index (χ0) is 10.6. The normalized spacial score (nSPS) is 27.8. The van der Waals surface area contributed by atoms with E-state index >= 15 is 0 Å². The summed E-state index contributed by atoms with van der Waals surface area (Å²) in [7, 11) is 2.12. The average molecular weight is 192 g/mol. The zero-order valence-electron chi connectivity index (χ0n) is 8.83. The first-order valence-electron chi connectivity index (χ1n) is 4.89. The van der Waals surface area contributed by atoms with Crippen LogP contribution in [0.2, 0.25) is 0 Å². The number of nitrogens with zero attached hydrogens (tertiary/aromatic N) is 1. The van der Waals surface area contributed by atoms with Crippen LogP contribution < -0.4 is 0 Å². The molecule has 0 bridgehead atoms. The number of rotatable bonds is 4. The van der Waals surface area contributed by atoms with E-state index in [2.05, 4.69) is 20.2 Å². The highest BCUT2D eigenvalue weighted by atomic mass is 16.1. The molecule has 0 aliphatic carbocycles. The van der Waals surface area contributed by atoms with Gasteiger partial charge in [0.25, 0.3) is 0 Å². The number of carbonyl (C=O) groups is 1. The molecule has 0 spiro atoms. The molecule has 76 valence electrons. The summed E-state index contributed by atoms with van der Waals surface area (Å²) >= 11 is 0. The van der Waals surface area contributed by atoms with Gasteiger partial charge in [-0.2, -0.15) is 0 Å².